The molecule has 3 rings (SSSR count). The number of aromatic amines is 1. The molecule has 1 aromatic heterocycles. The molecule has 0 spiro atoms. The first-order chi connectivity index (χ1) is 11.8. The van der Waals surface area contributed by atoms with E-state index in [1.165, 1.54) is 12.1 Å². The van der Waals surface area contributed by atoms with E-state index in [1.54, 1.807) is 31.4 Å². The fourth-order valence-electron chi connectivity index (χ4n) is 2.59. The zero-order valence-electron chi connectivity index (χ0n) is 13.5. The molecule has 0 radical (unpaired) electrons. The van der Waals surface area contributed by atoms with Crippen LogP contribution in [0.15, 0.2) is 42.5 Å². The summed E-state index contributed by atoms with van der Waals surface area (Å²) in [4.78, 5) is 14.6. The Morgan fingerprint density at radius 3 is 2.52 bits per heavy atom. The van der Waals surface area contributed by atoms with Crippen LogP contribution in [0, 0.1) is 6.92 Å². The van der Waals surface area contributed by atoms with Crippen LogP contribution >= 0.6 is 0 Å². The number of H-pyrrole nitrogens is 1. The highest BCUT2D eigenvalue weighted by molar-refractivity contribution is 6.05. The highest BCUT2D eigenvalue weighted by Crippen LogP contribution is 2.32. The maximum absolute atomic E-state index is 12.7. The van der Waals surface area contributed by atoms with Gasteiger partial charge in [-0.3, -0.25) is 4.79 Å². The molecule has 0 fully saturated rings. The molecule has 25 heavy (non-hydrogen) atoms. The number of methoxy groups -OCH3 is 1. The van der Waals surface area contributed by atoms with E-state index in [1.807, 2.05) is 6.92 Å². The van der Waals surface area contributed by atoms with Crippen molar-refractivity contribution >= 4 is 22.5 Å². The molecule has 130 valence electrons. The lowest BCUT2D eigenvalue weighted by atomic mass is 10.1. The molecular formula is C18H15F3N2O2. The topological polar surface area (TPSA) is 54.1 Å². The molecule has 0 aliphatic rings. The summed E-state index contributed by atoms with van der Waals surface area (Å²) in [6, 6.07) is 10.6. The van der Waals surface area contributed by atoms with Gasteiger partial charge in [-0.15, -0.1) is 0 Å². The first-order valence-electron chi connectivity index (χ1n) is 7.44. The van der Waals surface area contributed by atoms with Crippen molar-refractivity contribution in [2.75, 3.05) is 12.4 Å². The number of rotatable bonds is 3. The number of anilines is 1. The minimum absolute atomic E-state index is 0.350. The summed E-state index contributed by atoms with van der Waals surface area (Å²) < 4.78 is 43.4. The third-order valence-corrected chi connectivity index (χ3v) is 3.84. The number of carbonyl (C=O) groups excluding carboxylic acids is 1. The maximum Gasteiger partial charge on any atom is 0.431 e. The minimum atomic E-state index is -4.44. The Hall–Kier alpha value is -2.96. The number of carbonyl (C=O) groups is 1. The second-order valence-corrected chi connectivity index (χ2v) is 5.62. The number of fused-ring (bicyclic) bond motifs is 1. The van der Waals surface area contributed by atoms with Gasteiger partial charge in [0.1, 0.15) is 11.4 Å². The SMILES string of the molecule is COc1ccc(C(=O)Nc2ccc3[nH]c(C(F)(F)F)cc3c2)cc1C. The molecule has 7 heteroatoms. The molecule has 0 bridgehead atoms. The van der Waals surface area contributed by atoms with E-state index in [9.17, 15) is 18.0 Å². The van der Waals surface area contributed by atoms with E-state index < -0.39 is 11.9 Å². The van der Waals surface area contributed by atoms with Crippen LogP contribution in [-0.4, -0.2) is 18.0 Å². The summed E-state index contributed by atoms with van der Waals surface area (Å²) in [5, 5.41) is 3.06. The number of alkyl halides is 3. The Morgan fingerprint density at radius 1 is 1.12 bits per heavy atom. The van der Waals surface area contributed by atoms with E-state index >= 15 is 0 Å². The van der Waals surface area contributed by atoms with E-state index in [-0.39, 0.29) is 5.91 Å². The van der Waals surface area contributed by atoms with Crippen LogP contribution in [-0.2, 0) is 6.18 Å². The van der Waals surface area contributed by atoms with Crippen LogP contribution < -0.4 is 10.1 Å². The monoisotopic (exact) mass is 348 g/mol. The van der Waals surface area contributed by atoms with Crippen molar-refractivity contribution in [3.63, 3.8) is 0 Å². The zero-order chi connectivity index (χ0) is 18.2. The minimum Gasteiger partial charge on any atom is -0.496 e. The quantitative estimate of drug-likeness (QED) is 0.717. The molecule has 0 atom stereocenters. The summed E-state index contributed by atoms with van der Waals surface area (Å²) in [5.74, 6) is 0.321. The molecular weight excluding hydrogens is 333 g/mol. The third kappa shape index (κ3) is 3.45. The molecule has 2 N–H and O–H groups in total. The number of halogens is 3. The van der Waals surface area contributed by atoms with Gasteiger partial charge in [0.25, 0.3) is 5.91 Å². The van der Waals surface area contributed by atoms with Crippen molar-refractivity contribution in [1.29, 1.82) is 0 Å². The van der Waals surface area contributed by atoms with Crippen LogP contribution in [0.1, 0.15) is 21.6 Å². The second kappa shape index (κ2) is 6.16. The highest BCUT2D eigenvalue weighted by atomic mass is 19.4. The number of aryl methyl sites for hydroxylation is 1. The number of hydrogen-bond acceptors (Lipinski definition) is 2. The number of hydrogen-bond donors (Lipinski definition) is 2. The van der Waals surface area contributed by atoms with Crippen molar-refractivity contribution in [1.82, 2.24) is 4.98 Å². The van der Waals surface area contributed by atoms with Gasteiger partial charge in [-0.25, -0.2) is 0 Å². The van der Waals surface area contributed by atoms with E-state index in [0.717, 1.165) is 11.6 Å². The highest BCUT2D eigenvalue weighted by Gasteiger charge is 2.32. The van der Waals surface area contributed by atoms with Gasteiger partial charge in [0.15, 0.2) is 0 Å². The average Bonchev–Trinajstić information content (AvgIpc) is 2.98. The Morgan fingerprint density at radius 2 is 1.88 bits per heavy atom. The van der Waals surface area contributed by atoms with Crippen molar-refractivity contribution in [3.05, 3.63) is 59.3 Å². The lowest BCUT2D eigenvalue weighted by Gasteiger charge is -2.08. The Balaban J connectivity index is 1.84. The zero-order valence-corrected chi connectivity index (χ0v) is 13.5. The van der Waals surface area contributed by atoms with Gasteiger partial charge in [0.05, 0.1) is 7.11 Å². The van der Waals surface area contributed by atoms with Gasteiger partial charge in [-0.05, 0) is 55.0 Å². The predicted molar refractivity (Wildman–Crippen MR) is 89.0 cm³/mol. The smallest absolute Gasteiger partial charge is 0.431 e. The molecule has 1 amide bonds. The number of nitrogens with one attached hydrogen (secondary N) is 2. The van der Waals surface area contributed by atoms with Crippen molar-refractivity contribution in [2.45, 2.75) is 13.1 Å². The number of ether oxygens (including phenoxy) is 1. The van der Waals surface area contributed by atoms with Gasteiger partial charge < -0.3 is 15.0 Å². The number of amides is 1. The lowest BCUT2D eigenvalue weighted by Crippen LogP contribution is -2.12. The number of aromatic nitrogens is 1. The maximum atomic E-state index is 12.7. The third-order valence-electron chi connectivity index (χ3n) is 3.84. The van der Waals surface area contributed by atoms with Gasteiger partial charge in [-0.1, -0.05) is 0 Å². The Labute approximate surface area is 141 Å². The molecule has 4 nitrogen and oxygen atoms in total. The summed E-state index contributed by atoms with van der Waals surface area (Å²) in [7, 11) is 1.55. The molecule has 0 unspecified atom stereocenters. The molecule has 1 heterocycles. The van der Waals surface area contributed by atoms with Crippen LogP contribution in [0.5, 0.6) is 5.75 Å². The molecule has 0 saturated heterocycles. The van der Waals surface area contributed by atoms with E-state index in [4.69, 9.17) is 4.74 Å². The molecule has 0 aliphatic heterocycles. The van der Waals surface area contributed by atoms with Crippen LogP contribution in [0.4, 0.5) is 18.9 Å². The van der Waals surface area contributed by atoms with Crippen LogP contribution in [0.25, 0.3) is 10.9 Å². The first kappa shape index (κ1) is 16.9. The van der Waals surface area contributed by atoms with Gasteiger partial charge in [-0.2, -0.15) is 13.2 Å². The van der Waals surface area contributed by atoms with Gasteiger partial charge >= 0.3 is 6.18 Å². The van der Waals surface area contributed by atoms with Crippen LogP contribution in [0.3, 0.4) is 0 Å². The normalized spacial score (nSPS) is 11.6. The lowest BCUT2D eigenvalue weighted by molar-refractivity contribution is -0.140. The van der Waals surface area contributed by atoms with Crippen molar-refractivity contribution in [3.8, 4) is 5.75 Å². The average molecular weight is 348 g/mol. The molecule has 2 aromatic carbocycles. The largest absolute Gasteiger partial charge is 0.496 e. The predicted octanol–water partition coefficient (Wildman–Crippen LogP) is 4.76. The van der Waals surface area contributed by atoms with Gasteiger partial charge in [0.2, 0.25) is 0 Å². The fraction of sp³-hybridized carbons (Fsp3) is 0.167. The van der Waals surface area contributed by atoms with E-state index in [2.05, 4.69) is 10.3 Å². The summed E-state index contributed by atoms with van der Waals surface area (Å²) in [6.45, 7) is 1.82. The fourth-order valence-corrected chi connectivity index (χ4v) is 2.59. The summed E-state index contributed by atoms with van der Waals surface area (Å²) >= 11 is 0. The van der Waals surface area contributed by atoms with Crippen molar-refractivity contribution < 1.29 is 22.7 Å². The van der Waals surface area contributed by atoms with Crippen molar-refractivity contribution in [2.24, 2.45) is 0 Å². The molecule has 0 aliphatic carbocycles. The second-order valence-electron chi connectivity index (χ2n) is 5.62. The molecule has 3 aromatic rings. The van der Waals surface area contributed by atoms with Crippen LogP contribution in [0.2, 0.25) is 0 Å². The molecule has 0 saturated carbocycles. The van der Waals surface area contributed by atoms with E-state index in [0.29, 0.717) is 27.9 Å². The summed E-state index contributed by atoms with van der Waals surface area (Å²) in [6.07, 6.45) is -4.44. The Kier molecular flexibility index (Phi) is 4.16. The van der Waals surface area contributed by atoms with Gasteiger partial charge in [0, 0.05) is 22.2 Å². The number of benzene rings is 2. The first-order valence-corrected chi connectivity index (χ1v) is 7.44. The summed E-state index contributed by atoms with van der Waals surface area (Å²) in [5.41, 5.74) is 1.19. The Bertz CT molecular complexity index is 945. The standard InChI is InChI=1S/C18H15F3N2O2/c1-10-7-11(3-6-15(10)25-2)17(24)22-13-4-5-14-12(8-13)9-16(23-14)18(19,20)21/h3-9,23H,1-2H3,(H,22,24).